The number of anilines is 2. The van der Waals surface area contributed by atoms with Crippen molar-refractivity contribution < 1.29 is 19.3 Å². The number of fused-ring (bicyclic) bond motifs is 1. The van der Waals surface area contributed by atoms with Gasteiger partial charge in [0.1, 0.15) is 5.56 Å². The molecule has 1 aromatic carbocycles. The fourth-order valence-corrected chi connectivity index (χ4v) is 4.67. The molecule has 140 valence electrons. The maximum absolute atomic E-state index is 13.3. The minimum atomic E-state index is -3.61. The average Bonchev–Trinajstić information content (AvgIpc) is 2.83. The second kappa shape index (κ2) is 6.07. The van der Waals surface area contributed by atoms with Gasteiger partial charge in [0.25, 0.3) is 0 Å². The number of aromatic hydroxyl groups is 2. The average molecular weight is 378 g/mol. The topological polar surface area (TPSA) is 133 Å². The molecule has 0 saturated carbocycles. The number of amidine groups is 1. The normalized spacial score (nSPS) is 19.6. The lowest BCUT2D eigenvalue weighted by molar-refractivity contribution is 0.341. The van der Waals surface area contributed by atoms with Gasteiger partial charge in [0, 0.05) is 11.1 Å². The first-order valence-corrected chi connectivity index (χ1v) is 9.81. The summed E-state index contributed by atoms with van der Waals surface area (Å²) in [5, 5.41) is 24.3. The summed E-state index contributed by atoms with van der Waals surface area (Å²) in [5.41, 5.74) is 6.80. The molecule has 2 aromatic rings. The summed E-state index contributed by atoms with van der Waals surface area (Å²) in [6.45, 7) is 7.57. The van der Waals surface area contributed by atoms with Crippen LogP contribution < -0.4 is 16.4 Å². The second-order valence-corrected chi connectivity index (χ2v) is 9.09. The summed E-state index contributed by atoms with van der Waals surface area (Å²) in [5.74, 6) is -0.343. The summed E-state index contributed by atoms with van der Waals surface area (Å²) in [4.78, 5) is 2.78. The van der Waals surface area contributed by atoms with E-state index in [1.807, 2.05) is 20.8 Å². The number of nitrogens with two attached hydrogens (primary N) is 1. The van der Waals surface area contributed by atoms with E-state index in [-0.39, 0.29) is 29.6 Å². The fraction of sp³-hybridized carbons (Fsp3) is 0.353. The van der Waals surface area contributed by atoms with E-state index in [0.29, 0.717) is 22.4 Å². The van der Waals surface area contributed by atoms with E-state index in [1.165, 1.54) is 0 Å². The number of H-pyrrole nitrogens is 1. The molecule has 26 heavy (non-hydrogen) atoms. The highest BCUT2D eigenvalue weighted by Crippen LogP contribution is 2.53. The Hall–Kier alpha value is -2.44. The van der Waals surface area contributed by atoms with Crippen LogP contribution in [0.1, 0.15) is 39.0 Å². The van der Waals surface area contributed by atoms with Gasteiger partial charge in [0.15, 0.2) is 11.6 Å². The van der Waals surface area contributed by atoms with Crippen LogP contribution in [0.15, 0.2) is 23.0 Å². The first-order chi connectivity index (χ1) is 12.1. The highest BCUT2D eigenvalue weighted by Gasteiger charge is 2.37. The summed E-state index contributed by atoms with van der Waals surface area (Å²) >= 11 is 0. The van der Waals surface area contributed by atoms with Crippen LogP contribution >= 0.6 is 7.52 Å². The van der Waals surface area contributed by atoms with Gasteiger partial charge in [-0.05, 0) is 25.1 Å². The molecule has 0 radical (unpaired) electrons. The lowest BCUT2D eigenvalue weighted by atomic mass is 9.91. The predicted molar refractivity (Wildman–Crippen MR) is 103 cm³/mol. The summed E-state index contributed by atoms with van der Waals surface area (Å²) in [7, 11) is -3.61. The molecule has 0 saturated heterocycles. The number of aromatic amines is 1. The number of hydrogen-bond donors (Lipinski definition) is 5. The van der Waals surface area contributed by atoms with Gasteiger partial charge in [-0.25, -0.2) is 0 Å². The maximum Gasteiger partial charge on any atom is 0.348 e. The highest BCUT2D eigenvalue weighted by molar-refractivity contribution is 7.66. The third-order valence-corrected chi connectivity index (χ3v) is 6.11. The van der Waals surface area contributed by atoms with Crippen LogP contribution in [0.2, 0.25) is 0 Å². The monoisotopic (exact) mass is 378 g/mol. The molecule has 1 unspecified atom stereocenters. The van der Waals surface area contributed by atoms with Crippen LogP contribution in [0.4, 0.5) is 11.4 Å². The minimum Gasteiger partial charge on any atom is -0.505 e. The molecule has 6 N–H and O–H groups in total. The van der Waals surface area contributed by atoms with Crippen LogP contribution in [-0.2, 0) is 14.5 Å². The SMILES string of the molecule is CCOP1(=O)N=C(c2c(O)[nH]c(C(C)(C)C)c2O)Nc2ccc(N)cc21. The maximum atomic E-state index is 13.3. The Morgan fingerprint density at radius 3 is 2.58 bits per heavy atom. The van der Waals surface area contributed by atoms with Crippen molar-refractivity contribution in [2.24, 2.45) is 4.76 Å². The molecule has 3 rings (SSSR count). The Morgan fingerprint density at radius 1 is 1.31 bits per heavy atom. The van der Waals surface area contributed by atoms with Crippen molar-refractivity contribution in [3.63, 3.8) is 0 Å². The van der Waals surface area contributed by atoms with Gasteiger partial charge in [-0.2, -0.15) is 4.76 Å². The number of benzene rings is 1. The molecular formula is C17H23N4O4P. The first kappa shape index (κ1) is 18.4. The van der Waals surface area contributed by atoms with E-state index in [4.69, 9.17) is 10.3 Å². The minimum absolute atomic E-state index is 0.0531. The van der Waals surface area contributed by atoms with E-state index in [1.54, 1.807) is 25.1 Å². The van der Waals surface area contributed by atoms with Crippen molar-refractivity contribution in [3.8, 4) is 11.6 Å². The molecule has 0 fully saturated rings. The van der Waals surface area contributed by atoms with Crippen molar-refractivity contribution >= 4 is 30.0 Å². The molecule has 1 aliphatic heterocycles. The van der Waals surface area contributed by atoms with Gasteiger partial charge >= 0.3 is 7.52 Å². The number of hydrogen-bond acceptors (Lipinski definition) is 6. The van der Waals surface area contributed by atoms with Gasteiger partial charge < -0.3 is 30.8 Å². The van der Waals surface area contributed by atoms with E-state index in [9.17, 15) is 14.8 Å². The van der Waals surface area contributed by atoms with Crippen molar-refractivity contribution in [1.82, 2.24) is 4.98 Å². The molecular weight excluding hydrogens is 355 g/mol. The molecule has 9 heteroatoms. The summed E-state index contributed by atoms with van der Waals surface area (Å²) in [6, 6.07) is 4.87. The van der Waals surface area contributed by atoms with Crippen LogP contribution in [0.3, 0.4) is 0 Å². The number of nitrogen functional groups attached to an aromatic ring is 1. The predicted octanol–water partition coefficient (Wildman–Crippen LogP) is 3.03. The third kappa shape index (κ3) is 2.95. The molecule has 0 amide bonds. The number of nitrogens with zero attached hydrogens (tertiary/aromatic N) is 1. The van der Waals surface area contributed by atoms with Crippen molar-refractivity contribution in [3.05, 3.63) is 29.5 Å². The Labute approximate surface area is 151 Å². The van der Waals surface area contributed by atoms with E-state index < -0.39 is 12.9 Å². The zero-order valence-corrected chi connectivity index (χ0v) is 16.0. The highest BCUT2D eigenvalue weighted by atomic mass is 31.2. The molecule has 0 spiro atoms. The van der Waals surface area contributed by atoms with Gasteiger partial charge in [0.05, 0.1) is 23.3 Å². The van der Waals surface area contributed by atoms with Gasteiger partial charge in [-0.3, -0.25) is 4.57 Å². The zero-order chi connectivity index (χ0) is 19.3. The molecule has 1 atom stereocenters. The zero-order valence-electron chi connectivity index (χ0n) is 15.1. The van der Waals surface area contributed by atoms with Crippen LogP contribution in [0.5, 0.6) is 11.6 Å². The van der Waals surface area contributed by atoms with Gasteiger partial charge in [-0.1, -0.05) is 20.8 Å². The van der Waals surface area contributed by atoms with Crippen molar-refractivity contribution in [1.29, 1.82) is 0 Å². The molecule has 1 aliphatic rings. The van der Waals surface area contributed by atoms with Crippen LogP contribution in [0.25, 0.3) is 0 Å². The molecule has 8 nitrogen and oxygen atoms in total. The number of nitrogens with one attached hydrogen (secondary N) is 2. The standard InChI is InChI=1S/C17H23N4O4P/c1-5-25-26(24)11-8-9(18)6-7-10(11)19-15(21-26)12-13(22)14(17(2,3)4)20-16(12)23/h6-8,20,22-23H,5,18H2,1-4H3,(H,19,21,24). The Balaban J connectivity index is 2.19. The van der Waals surface area contributed by atoms with Crippen LogP contribution in [0, 0.1) is 0 Å². The van der Waals surface area contributed by atoms with E-state index >= 15 is 0 Å². The fourth-order valence-electron chi connectivity index (χ4n) is 2.86. The van der Waals surface area contributed by atoms with Gasteiger partial charge in [0.2, 0.25) is 5.88 Å². The second-order valence-electron chi connectivity index (χ2n) is 7.11. The molecule has 2 heterocycles. The largest absolute Gasteiger partial charge is 0.505 e. The molecule has 0 aliphatic carbocycles. The number of aromatic nitrogens is 1. The third-order valence-electron chi connectivity index (χ3n) is 4.06. The molecule has 0 bridgehead atoms. The van der Waals surface area contributed by atoms with E-state index in [0.717, 1.165) is 0 Å². The summed E-state index contributed by atoms with van der Waals surface area (Å²) in [6.07, 6.45) is 0. The van der Waals surface area contributed by atoms with E-state index in [2.05, 4.69) is 15.1 Å². The lowest BCUT2D eigenvalue weighted by Crippen LogP contribution is -2.26. The summed E-state index contributed by atoms with van der Waals surface area (Å²) < 4.78 is 23.0. The van der Waals surface area contributed by atoms with Crippen molar-refractivity contribution in [2.75, 3.05) is 17.7 Å². The quantitative estimate of drug-likeness (QED) is 0.412. The number of rotatable bonds is 3. The first-order valence-electron chi connectivity index (χ1n) is 8.23. The Kier molecular flexibility index (Phi) is 4.29. The Morgan fingerprint density at radius 2 is 2.00 bits per heavy atom. The Bertz CT molecular complexity index is 943. The lowest BCUT2D eigenvalue weighted by Gasteiger charge is -2.25. The van der Waals surface area contributed by atoms with Crippen molar-refractivity contribution in [2.45, 2.75) is 33.1 Å². The smallest absolute Gasteiger partial charge is 0.348 e. The van der Waals surface area contributed by atoms with Crippen LogP contribution in [-0.4, -0.2) is 27.6 Å². The molecule has 1 aromatic heterocycles. The van der Waals surface area contributed by atoms with Gasteiger partial charge in [-0.15, -0.1) is 0 Å².